The van der Waals surface area contributed by atoms with Gasteiger partial charge in [0, 0.05) is 6.42 Å². The first-order valence-electron chi connectivity index (χ1n) is 9.66. The van der Waals surface area contributed by atoms with Crippen LogP contribution in [0.2, 0.25) is 0 Å². The van der Waals surface area contributed by atoms with Gasteiger partial charge in [-0.15, -0.1) is 0 Å². The van der Waals surface area contributed by atoms with E-state index in [4.69, 9.17) is 4.74 Å². The molecule has 0 aliphatic rings. The van der Waals surface area contributed by atoms with Crippen LogP contribution in [0.1, 0.15) is 98.8 Å². The van der Waals surface area contributed by atoms with Gasteiger partial charge in [0.15, 0.2) is 5.78 Å². The second kappa shape index (κ2) is 12.0. The van der Waals surface area contributed by atoms with Gasteiger partial charge in [0.1, 0.15) is 5.60 Å². The molecule has 0 amide bonds. The Hall–Kier alpha value is -0.450. The number of hydrogen-bond donors (Lipinski definition) is 2. The average molecular weight is 345 g/mol. The zero-order valence-corrected chi connectivity index (χ0v) is 16.6. The summed E-state index contributed by atoms with van der Waals surface area (Å²) >= 11 is 0. The Morgan fingerprint density at radius 1 is 0.958 bits per heavy atom. The van der Waals surface area contributed by atoms with Gasteiger partial charge >= 0.3 is 0 Å². The highest BCUT2D eigenvalue weighted by Crippen LogP contribution is 2.19. The molecule has 0 radical (unpaired) electrons. The molecule has 0 saturated heterocycles. The molecule has 0 aromatic rings. The summed E-state index contributed by atoms with van der Waals surface area (Å²) in [5, 5.41) is 19.6. The second-order valence-electron chi connectivity index (χ2n) is 8.14. The van der Waals surface area contributed by atoms with Crippen LogP contribution in [0.15, 0.2) is 0 Å². The summed E-state index contributed by atoms with van der Waals surface area (Å²) in [6.45, 7) is 9.20. The number of hydrogen-bond acceptors (Lipinski definition) is 4. The van der Waals surface area contributed by atoms with Crippen molar-refractivity contribution >= 4 is 5.78 Å². The van der Waals surface area contributed by atoms with E-state index in [1.54, 1.807) is 27.7 Å². The van der Waals surface area contributed by atoms with Crippen LogP contribution in [0.4, 0.5) is 0 Å². The molecule has 0 aromatic heterocycles. The third-order valence-corrected chi connectivity index (χ3v) is 4.29. The number of aliphatic hydroxyl groups excluding tert-OH is 1. The van der Waals surface area contributed by atoms with E-state index in [-0.39, 0.29) is 18.5 Å². The number of carbonyl (C=O) groups excluding carboxylic acids is 1. The van der Waals surface area contributed by atoms with Crippen LogP contribution in [0.5, 0.6) is 0 Å². The highest BCUT2D eigenvalue weighted by molar-refractivity contribution is 5.86. The fourth-order valence-electron chi connectivity index (χ4n) is 2.53. The van der Waals surface area contributed by atoms with E-state index in [1.165, 1.54) is 19.3 Å². The normalized spacial score (nSPS) is 14.0. The van der Waals surface area contributed by atoms with Crippen LogP contribution in [-0.2, 0) is 9.53 Å². The van der Waals surface area contributed by atoms with Crippen molar-refractivity contribution in [3.8, 4) is 0 Å². The maximum Gasteiger partial charge on any atom is 0.164 e. The van der Waals surface area contributed by atoms with Crippen molar-refractivity contribution in [1.82, 2.24) is 0 Å². The summed E-state index contributed by atoms with van der Waals surface area (Å²) in [7, 11) is 0. The Balaban J connectivity index is 3.77. The standard InChI is InChI=1S/C20H40O4/c1-6-7-8-10-13-17(21)14-11-9-12-15-18(22)20(4,5)24-16-19(2,3)23/h17,21,23H,6-16H2,1-5H3. The second-order valence-corrected chi connectivity index (χ2v) is 8.14. The zero-order valence-electron chi connectivity index (χ0n) is 16.6. The lowest BCUT2D eigenvalue weighted by molar-refractivity contribution is -0.148. The van der Waals surface area contributed by atoms with Gasteiger partial charge in [-0.2, -0.15) is 0 Å². The molecule has 0 saturated carbocycles. The third kappa shape index (κ3) is 12.9. The van der Waals surface area contributed by atoms with Crippen molar-refractivity contribution in [2.45, 2.75) is 116 Å². The number of Topliss-reactive ketones (excluding diaryl/α,β-unsaturated/α-hetero) is 1. The molecule has 0 rings (SSSR count). The first-order valence-corrected chi connectivity index (χ1v) is 9.66. The maximum absolute atomic E-state index is 12.2. The Morgan fingerprint density at radius 2 is 1.50 bits per heavy atom. The largest absolute Gasteiger partial charge is 0.393 e. The smallest absolute Gasteiger partial charge is 0.164 e. The minimum Gasteiger partial charge on any atom is -0.393 e. The highest BCUT2D eigenvalue weighted by Gasteiger charge is 2.29. The van der Waals surface area contributed by atoms with Crippen molar-refractivity contribution < 1.29 is 19.7 Å². The van der Waals surface area contributed by atoms with Crippen LogP contribution < -0.4 is 0 Å². The summed E-state index contributed by atoms with van der Waals surface area (Å²) < 4.78 is 5.58. The predicted octanol–water partition coefficient (Wildman–Crippen LogP) is 4.40. The van der Waals surface area contributed by atoms with E-state index < -0.39 is 11.2 Å². The van der Waals surface area contributed by atoms with Crippen molar-refractivity contribution in [3.05, 3.63) is 0 Å². The highest BCUT2D eigenvalue weighted by atomic mass is 16.5. The van der Waals surface area contributed by atoms with Crippen molar-refractivity contribution in [3.63, 3.8) is 0 Å². The fourth-order valence-corrected chi connectivity index (χ4v) is 2.53. The minimum absolute atomic E-state index is 0.0758. The van der Waals surface area contributed by atoms with Crippen LogP contribution in [0.3, 0.4) is 0 Å². The first-order chi connectivity index (χ1) is 11.1. The van der Waals surface area contributed by atoms with Crippen molar-refractivity contribution in [1.29, 1.82) is 0 Å². The molecule has 0 aliphatic carbocycles. The molecule has 0 bridgehead atoms. The Labute approximate surface area is 149 Å². The van der Waals surface area contributed by atoms with E-state index in [0.717, 1.165) is 38.5 Å². The fraction of sp³-hybridized carbons (Fsp3) is 0.950. The summed E-state index contributed by atoms with van der Waals surface area (Å²) in [6.07, 6.45) is 9.58. The van der Waals surface area contributed by atoms with E-state index in [0.29, 0.717) is 6.42 Å². The molecule has 0 aliphatic heterocycles. The third-order valence-electron chi connectivity index (χ3n) is 4.29. The lowest BCUT2D eigenvalue weighted by Gasteiger charge is -2.28. The van der Waals surface area contributed by atoms with Crippen LogP contribution >= 0.6 is 0 Å². The molecular weight excluding hydrogens is 304 g/mol. The van der Waals surface area contributed by atoms with Gasteiger partial charge in [-0.05, 0) is 47.0 Å². The lowest BCUT2D eigenvalue weighted by Crippen LogP contribution is -2.40. The molecule has 0 aromatic carbocycles. The number of carbonyl (C=O) groups is 1. The van der Waals surface area contributed by atoms with Gasteiger partial charge in [0.05, 0.1) is 18.3 Å². The monoisotopic (exact) mass is 344 g/mol. The zero-order chi connectivity index (χ0) is 18.6. The molecule has 2 N–H and O–H groups in total. The maximum atomic E-state index is 12.2. The quantitative estimate of drug-likeness (QED) is 0.432. The van der Waals surface area contributed by atoms with E-state index >= 15 is 0 Å². The predicted molar refractivity (Wildman–Crippen MR) is 99.2 cm³/mol. The molecule has 0 fully saturated rings. The number of rotatable bonds is 15. The van der Waals surface area contributed by atoms with E-state index in [2.05, 4.69) is 6.92 Å². The van der Waals surface area contributed by atoms with Crippen LogP contribution in [-0.4, -0.2) is 39.9 Å². The Kier molecular flexibility index (Phi) is 11.8. The van der Waals surface area contributed by atoms with Gasteiger partial charge in [-0.1, -0.05) is 45.4 Å². The van der Waals surface area contributed by atoms with Gasteiger partial charge in [0.2, 0.25) is 0 Å². The lowest BCUT2D eigenvalue weighted by atomic mass is 9.96. The Bertz CT molecular complexity index is 331. The molecular formula is C20H40O4. The number of ether oxygens (including phenoxy) is 1. The molecule has 1 unspecified atom stereocenters. The van der Waals surface area contributed by atoms with Crippen molar-refractivity contribution in [2.24, 2.45) is 0 Å². The first kappa shape index (κ1) is 23.5. The molecule has 1 atom stereocenters. The molecule has 0 spiro atoms. The van der Waals surface area contributed by atoms with Crippen molar-refractivity contribution in [2.75, 3.05) is 6.61 Å². The molecule has 4 heteroatoms. The van der Waals surface area contributed by atoms with Crippen LogP contribution in [0, 0.1) is 0 Å². The number of aliphatic hydroxyl groups is 2. The molecule has 4 nitrogen and oxygen atoms in total. The van der Waals surface area contributed by atoms with Gasteiger partial charge in [-0.3, -0.25) is 4.79 Å². The molecule has 0 heterocycles. The summed E-state index contributed by atoms with van der Waals surface area (Å²) in [6, 6.07) is 0. The average Bonchev–Trinajstić information content (AvgIpc) is 2.48. The van der Waals surface area contributed by atoms with Gasteiger partial charge < -0.3 is 14.9 Å². The molecule has 24 heavy (non-hydrogen) atoms. The van der Waals surface area contributed by atoms with E-state index in [1.807, 2.05) is 0 Å². The SMILES string of the molecule is CCCCCCC(O)CCCCCC(=O)C(C)(C)OCC(C)(C)O. The van der Waals surface area contributed by atoms with Crippen LogP contribution in [0.25, 0.3) is 0 Å². The topological polar surface area (TPSA) is 66.8 Å². The minimum atomic E-state index is -0.926. The van der Waals surface area contributed by atoms with Gasteiger partial charge in [-0.25, -0.2) is 0 Å². The summed E-state index contributed by atoms with van der Waals surface area (Å²) in [4.78, 5) is 12.2. The number of ketones is 1. The summed E-state index contributed by atoms with van der Waals surface area (Å²) in [5.74, 6) is 0.0758. The summed E-state index contributed by atoms with van der Waals surface area (Å²) in [5.41, 5.74) is -1.77. The molecule has 144 valence electrons. The van der Waals surface area contributed by atoms with Gasteiger partial charge in [0.25, 0.3) is 0 Å². The Morgan fingerprint density at radius 3 is 2.00 bits per heavy atom. The number of unbranched alkanes of at least 4 members (excludes halogenated alkanes) is 5. The van der Waals surface area contributed by atoms with E-state index in [9.17, 15) is 15.0 Å².